The molecule has 5 rings (SSSR count). The van der Waals surface area contributed by atoms with Gasteiger partial charge in [-0.25, -0.2) is 14.6 Å². The highest BCUT2D eigenvalue weighted by atomic mass is 15.3. The van der Waals surface area contributed by atoms with E-state index in [0.717, 1.165) is 72.0 Å². The molecule has 0 bridgehead atoms. The lowest BCUT2D eigenvalue weighted by molar-refractivity contribution is 0.312. The van der Waals surface area contributed by atoms with Gasteiger partial charge in [-0.15, -0.1) is 0 Å². The zero-order chi connectivity index (χ0) is 21.5. The predicted octanol–water partition coefficient (Wildman–Crippen LogP) is 2.75. The maximum Gasteiger partial charge on any atom is 0.163 e. The second-order valence-corrected chi connectivity index (χ2v) is 8.24. The predicted molar refractivity (Wildman–Crippen MR) is 123 cm³/mol. The van der Waals surface area contributed by atoms with Gasteiger partial charge in [-0.2, -0.15) is 10.2 Å². The number of benzene rings is 1. The first-order chi connectivity index (χ1) is 15.1. The van der Waals surface area contributed by atoms with Gasteiger partial charge >= 0.3 is 0 Å². The average molecular weight is 417 g/mol. The fourth-order valence-electron chi connectivity index (χ4n) is 4.37. The molecule has 160 valence electrons. The quantitative estimate of drug-likeness (QED) is 0.510. The molecule has 0 radical (unpaired) electrons. The van der Waals surface area contributed by atoms with Crippen LogP contribution in [0.4, 0.5) is 5.82 Å². The molecule has 4 aromatic rings. The average Bonchev–Trinajstić information content (AvgIpc) is 3.34. The van der Waals surface area contributed by atoms with Crippen LogP contribution in [0.25, 0.3) is 33.5 Å². The molecule has 0 atom stereocenters. The summed E-state index contributed by atoms with van der Waals surface area (Å²) in [5.41, 5.74) is 6.23. The second-order valence-electron chi connectivity index (χ2n) is 8.24. The Kier molecular flexibility index (Phi) is 4.94. The Morgan fingerprint density at radius 2 is 1.65 bits per heavy atom. The maximum absolute atomic E-state index is 4.89. The number of hydrogen-bond donors (Lipinski definition) is 0. The van der Waals surface area contributed by atoms with Crippen LogP contribution in [0.15, 0.2) is 36.8 Å². The molecule has 1 aromatic carbocycles. The first-order valence-electron chi connectivity index (χ1n) is 10.8. The smallest absolute Gasteiger partial charge is 0.163 e. The molecule has 8 heteroatoms. The van der Waals surface area contributed by atoms with Crippen LogP contribution in [0.5, 0.6) is 0 Å². The lowest BCUT2D eigenvalue weighted by Crippen LogP contribution is -2.44. The third-order valence-electron chi connectivity index (χ3n) is 6.23. The van der Waals surface area contributed by atoms with E-state index in [1.807, 2.05) is 29.7 Å². The molecule has 31 heavy (non-hydrogen) atoms. The highest BCUT2D eigenvalue weighted by Gasteiger charge is 2.25. The molecule has 3 aromatic heterocycles. The molecule has 8 nitrogen and oxygen atoms in total. The van der Waals surface area contributed by atoms with E-state index in [4.69, 9.17) is 10.1 Å². The van der Waals surface area contributed by atoms with E-state index in [1.54, 1.807) is 6.33 Å². The van der Waals surface area contributed by atoms with Crippen LogP contribution in [0.1, 0.15) is 12.5 Å². The van der Waals surface area contributed by atoms with Gasteiger partial charge in [0.05, 0.1) is 17.3 Å². The monoisotopic (exact) mass is 416 g/mol. The van der Waals surface area contributed by atoms with E-state index >= 15 is 0 Å². The minimum Gasteiger partial charge on any atom is -0.353 e. The molecule has 1 aliphatic heterocycles. The van der Waals surface area contributed by atoms with Crippen molar-refractivity contribution in [3.8, 4) is 22.5 Å². The number of aromatic nitrogens is 6. The van der Waals surface area contributed by atoms with E-state index < -0.39 is 0 Å². The molecule has 4 heterocycles. The molecular formula is C23H28N8. The van der Waals surface area contributed by atoms with Crippen molar-refractivity contribution in [2.75, 3.05) is 38.1 Å². The highest BCUT2D eigenvalue weighted by molar-refractivity contribution is 6.01. The summed E-state index contributed by atoms with van der Waals surface area (Å²) in [5.74, 6) is 0.956. The topological polar surface area (TPSA) is 67.9 Å². The number of hydrogen-bond acceptors (Lipinski definition) is 6. The first kappa shape index (κ1) is 19.7. The highest BCUT2D eigenvalue weighted by Crippen LogP contribution is 2.38. The van der Waals surface area contributed by atoms with Crippen molar-refractivity contribution in [2.24, 2.45) is 14.1 Å². The maximum atomic E-state index is 4.89. The van der Waals surface area contributed by atoms with E-state index in [1.165, 1.54) is 5.56 Å². The van der Waals surface area contributed by atoms with Crippen molar-refractivity contribution in [2.45, 2.75) is 13.3 Å². The zero-order valence-electron chi connectivity index (χ0n) is 18.6. The molecular weight excluding hydrogens is 388 g/mol. The van der Waals surface area contributed by atoms with Crippen molar-refractivity contribution < 1.29 is 0 Å². The van der Waals surface area contributed by atoms with Crippen LogP contribution in [0.3, 0.4) is 0 Å². The molecule has 1 saturated heterocycles. The van der Waals surface area contributed by atoms with Gasteiger partial charge in [0.2, 0.25) is 0 Å². The van der Waals surface area contributed by atoms with Gasteiger partial charge in [0.1, 0.15) is 17.8 Å². The third-order valence-corrected chi connectivity index (χ3v) is 6.23. The Bertz CT molecular complexity index is 1210. The van der Waals surface area contributed by atoms with E-state index in [-0.39, 0.29) is 0 Å². The Balaban J connectivity index is 1.68. The van der Waals surface area contributed by atoms with Crippen molar-refractivity contribution >= 4 is 16.9 Å². The van der Waals surface area contributed by atoms with Crippen molar-refractivity contribution in [3.05, 3.63) is 42.4 Å². The number of piperazine rings is 1. The number of nitrogens with zero attached hydrogens (tertiary/aromatic N) is 8. The summed E-state index contributed by atoms with van der Waals surface area (Å²) in [6.07, 6.45) is 4.58. The summed E-state index contributed by atoms with van der Waals surface area (Å²) in [4.78, 5) is 14.0. The summed E-state index contributed by atoms with van der Waals surface area (Å²) < 4.78 is 3.78. The van der Waals surface area contributed by atoms with E-state index in [2.05, 4.69) is 58.1 Å². The number of anilines is 1. The largest absolute Gasteiger partial charge is 0.353 e. The number of aryl methyl sites for hydroxylation is 3. The summed E-state index contributed by atoms with van der Waals surface area (Å²) in [5, 5.41) is 10.5. The van der Waals surface area contributed by atoms with Crippen LogP contribution in [-0.2, 0) is 20.5 Å². The van der Waals surface area contributed by atoms with Gasteiger partial charge in [0, 0.05) is 51.4 Å². The number of rotatable bonds is 4. The van der Waals surface area contributed by atoms with Crippen molar-refractivity contribution in [1.29, 1.82) is 0 Å². The van der Waals surface area contributed by atoms with E-state index in [9.17, 15) is 0 Å². The van der Waals surface area contributed by atoms with Gasteiger partial charge in [-0.3, -0.25) is 4.68 Å². The molecule has 0 saturated carbocycles. The van der Waals surface area contributed by atoms with Crippen LogP contribution in [-0.4, -0.2) is 67.7 Å². The fourth-order valence-corrected chi connectivity index (χ4v) is 4.37. The van der Waals surface area contributed by atoms with Gasteiger partial charge < -0.3 is 9.80 Å². The Labute approximate surface area is 182 Å². The number of likely N-dealkylation sites (N-methyl/N-ethyl adjacent to an activating group) is 1. The molecule has 0 aliphatic carbocycles. The molecule has 1 fully saturated rings. The van der Waals surface area contributed by atoms with Crippen LogP contribution in [0.2, 0.25) is 0 Å². The Morgan fingerprint density at radius 1 is 0.903 bits per heavy atom. The minimum atomic E-state index is 0.843. The summed E-state index contributed by atoms with van der Waals surface area (Å²) in [6.45, 7) is 6.08. The van der Waals surface area contributed by atoms with Gasteiger partial charge in [-0.1, -0.05) is 31.2 Å². The van der Waals surface area contributed by atoms with Crippen molar-refractivity contribution in [1.82, 2.24) is 34.4 Å². The fraction of sp³-hybridized carbons (Fsp3) is 0.391. The van der Waals surface area contributed by atoms with Gasteiger partial charge in [0.25, 0.3) is 0 Å². The van der Waals surface area contributed by atoms with Gasteiger partial charge in [-0.05, 0) is 19.0 Å². The molecule has 0 amide bonds. The molecule has 1 aliphatic rings. The molecule has 0 unspecified atom stereocenters. The Hall–Kier alpha value is -3.26. The lowest BCUT2D eigenvalue weighted by atomic mass is 10.0. The SMILES string of the molecule is CCc1ccc(-c2c(-c3nn(C)c4ncnc(N5CCN(C)CC5)c34)cnn2C)cc1. The number of fused-ring (bicyclic) bond motifs is 1. The lowest BCUT2D eigenvalue weighted by Gasteiger charge is -2.33. The molecule has 0 N–H and O–H groups in total. The second kappa shape index (κ2) is 7.77. The van der Waals surface area contributed by atoms with Crippen LogP contribution in [0, 0.1) is 0 Å². The first-order valence-corrected chi connectivity index (χ1v) is 10.8. The zero-order valence-corrected chi connectivity index (χ0v) is 18.6. The van der Waals surface area contributed by atoms with Crippen molar-refractivity contribution in [3.63, 3.8) is 0 Å². The van der Waals surface area contributed by atoms with Gasteiger partial charge in [0.15, 0.2) is 5.65 Å². The molecule has 0 spiro atoms. The minimum absolute atomic E-state index is 0.843. The normalized spacial score (nSPS) is 15.2. The summed E-state index contributed by atoms with van der Waals surface area (Å²) in [7, 11) is 6.09. The summed E-state index contributed by atoms with van der Waals surface area (Å²) >= 11 is 0. The van der Waals surface area contributed by atoms with E-state index in [0.29, 0.717) is 0 Å². The Morgan fingerprint density at radius 3 is 2.35 bits per heavy atom. The standard InChI is InChI=1S/C23H28N8/c1-5-16-6-8-17(9-7-16)21-18(14-26-29(21)3)20-19-22(30(4)27-20)24-15-25-23(19)31-12-10-28(2)11-13-31/h6-9,14-15H,5,10-13H2,1-4H3. The third kappa shape index (κ3) is 3.37. The van der Waals surface area contributed by atoms with Crippen LogP contribution >= 0.6 is 0 Å². The van der Waals surface area contributed by atoms with Crippen LogP contribution < -0.4 is 4.90 Å². The summed E-state index contributed by atoms with van der Waals surface area (Å²) in [6, 6.07) is 8.70.